The molecule has 2 N–H and O–H groups in total. The van der Waals surface area contributed by atoms with Gasteiger partial charge in [-0.2, -0.15) is 0 Å². The Labute approximate surface area is 111 Å². The smallest absolute Gasteiger partial charge is 0.118 e. The van der Waals surface area contributed by atoms with Gasteiger partial charge in [0.25, 0.3) is 0 Å². The summed E-state index contributed by atoms with van der Waals surface area (Å²) >= 11 is 0. The van der Waals surface area contributed by atoms with Crippen molar-refractivity contribution in [2.24, 2.45) is 11.7 Å². The van der Waals surface area contributed by atoms with E-state index in [4.69, 9.17) is 10.5 Å². The maximum atomic E-state index is 6.39. The van der Waals surface area contributed by atoms with Crippen molar-refractivity contribution in [1.29, 1.82) is 0 Å². The van der Waals surface area contributed by atoms with Gasteiger partial charge in [-0.3, -0.25) is 0 Å². The molecule has 1 unspecified atom stereocenters. The summed E-state index contributed by atoms with van der Waals surface area (Å²) in [6.07, 6.45) is 9.14. The molecule has 1 aliphatic carbocycles. The van der Waals surface area contributed by atoms with E-state index in [1.165, 1.54) is 44.1 Å². The zero-order valence-corrected chi connectivity index (χ0v) is 11.4. The van der Waals surface area contributed by atoms with Crippen LogP contribution in [0.3, 0.4) is 0 Å². The van der Waals surface area contributed by atoms with Crippen LogP contribution in [0.1, 0.15) is 44.1 Å². The van der Waals surface area contributed by atoms with Gasteiger partial charge >= 0.3 is 0 Å². The van der Waals surface area contributed by atoms with E-state index >= 15 is 0 Å². The average molecular weight is 247 g/mol. The molecule has 1 aromatic carbocycles. The van der Waals surface area contributed by atoms with Crippen LogP contribution in [0.4, 0.5) is 0 Å². The first-order valence-electron chi connectivity index (χ1n) is 7.18. The summed E-state index contributed by atoms with van der Waals surface area (Å²) in [5.41, 5.74) is 7.72. The third kappa shape index (κ3) is 3.74. The largest absolute Gasteiger partial charge is 0.497 e. The molecule has 2 heteroatoms. The molecule has 18 heavy (non-hydrogen) atoms. The predicted octanol–water partition coefficient (Wildman–Crippen LogP) is 3.54. The molecule has 1 saturated carbocycles. The Bertz CT molecular complexity index is 339. The van der Waals surface area contributed by atoms with E-state index < -0.39 is 0 Å². The van der Waals surface area contributed by atoms with Crippen LogP contribution in [-0.4, -0.2) is 13.2 Å². The third-order valence-corrected chi connectivity index (χ3v) is 4.14. The van der Waals surface area contributed by atoms with E-state index in [1.807, 2.05) is 12.1 Å². The molecule has 0 aromatic heterocycles. The van der Waals surface area contributed by atoms with Crippen molar-refractivity contribution in [3.05, 3.63) is 29.8 Å². The quantitative estimate of drug-likeness (QED) is 0.826. The van der Waals surface area contributed by atoms with Crippen molar-refractivity contribution in [2.45, 2.75) is 51.0 Å². The summed E-state index contributed by atoms with van der Waals surface area (Å²) in [4.78, 5) is 0. The molecule has 1 aliphatic rings. The Balaban J connectivity index is 1.90. The number of benzene rings is 1. The van der Waals surface area contributed by atoms with E-state index in [-0.39, 0.29) is 0 Å². The highest BCUT2D eigenvalue weighted by Gasteiger charge is 2.19. The van der Waals surface area contributed by atoms with Crippen LogP contribution in [0.15, 0.2) is 24.3 Å². The fourth-order valence-corrected chi connectivity index (χ4v) is 2.94. The van der Waals surface area contributed by atoms with Crippen LogP contribution >= 0.6 is 0 Å². The lowest BCUT2D eigenvalue weighted by Gasteiger charge is -2.22. The molecule has 2 rings (SSSR count). The number of rotatable bonds is 4. The lowest BCUT2D eigenvalue weighted by molar-refractivity contribution is 0.372. The lowest BCUT2D eigenvalue weighted by Crippen LogP contribution is -2.32. The zero-order valence-electron chi connectivity index (χ0n) is 11.4. The van der Waals surface area contributed by atoms with Crippen molar-refractivity contribution in [3.8, 4) is 5.75 Å². The highest BCUT2D eigenvalue weighted by Crippen LogP contribution is 2.26. The number of hydrogen-bond donors (Lipinski definition) is 1. The van der Waals surface area contributed by atoms with Crippen molar-refractivity contribution < 1.29 is 4.74 Å². The standard InChI is InChI=1S/C16H25NO/c1-18-15-10-8-13(9-11-15)12-16(17)14-6-4-2-3-5-7-14/h8-11,14,16H,2-7,12,17H2,1H3. The molecular formula is C16H25NO. The van der Waals surface area contributed by atoms with Gasteiger partial charge < -0.3 is 10.5 Å². The van der Waals surface area contributed by atoms with Crippen molar-refractivity contribution in [2.75, 3.05) is 7.11 Å². The molecule has 0 amide bonds. The predicted molar refractivity (Wildman–Crippen MR) is 75.9 cm³/mol. The maximum absolute atomic E-state index is 6.39. The van der Waals surface area contributed by atoms with Crippen LogP contribution in [-0.2, 0) is 6.42 Å². The van der Waals surface area contributed by atoms with Crippen molar-refractivity contribution >= 4 is 0 Å². The molecule has 0 radical (unpaired) electrons. The fraction of sp³-hybridized carbons (Fsp3) is 0.625. The summed E-state index contributed by atoms with van der Waals surface area (Å²) in [7, 11) is 1.70. The van der Waals surface area contributed by atoms with E-state index in [0.29, 0.717) is 6.04 Å². The number of nitrogens with two attached hydrogens (primary N) is 1. The van der Waals surface area contributed by atoms with Crippen LogP contribution in [0, 0.1) is 5.92 Å². The minimum Gasteiger partial charge on any atom is -0.497 e. The van der Waals surface area contributed by atoms with E-state index in [0.717, 1.165) is 18.1 Å². The van der Waals surface area contributed by atoms with Gasteiger partial charge in [0.2, 0.25) is 0 Å². The Morgan fingerprint density at radius 3 is 2.28 bits per heavy atom. The van der Waals surface area contributed by atoms with Crippen LogP contribution < -0.4 is 10.5 Å². The van der Waals surface area contributed by atoms with Gasteiger partial charge in [-0.1, -0.05) is 37.8 Å². The Hall–Kier alpha value is -1.02. The summed E-state index contributed by atoms with van der Waals surface area (Å²) in [6, 6.07) is 8.63. The minimum atomic E-state index is 0.316. The second-order valence-corrected chi connectivity index (χ2v) is 5.47. The molecule has 0 bridgehead atoms. The fourth-order valence-electron chi connectivity index (χ4n) is 2.94. The summed E-state index contributed by atoms with van der Waals surface area (Å²) < 4.78 is 5.18. The molecule has 0 spiro atoms. The molecule has 100 valence electrons. The van der Waals surface area contributed by atoms with Crippen LogP contribution in [0.25, 0.3) is 0 Å². The molecule has 0 aliphatic heterocycles. The van der Waals surface area contributed by atoms with Gasteiger partial charge in [-0.05, 0) is 42.9 Å². The first-order valence-corrected chi connectivity index (χ1v) is 7.18. The second kappa shape index (κ2) is 6.79. The van der Waals surface area contributed by atoms with Gasteiger partial charge in [0.1, 0.15) is 5.75 Å². The maximum Gasteiger partial charge on any atom is 0.118 e. The van der Waals surface area contributed by atoms with E-state index in [9.17, 15) is 0 Å². The van der Waals surface area contributed by atoms with Gasteiger partial charge in [-0.15, -0.1) is 0 Å². The highest BCUT2D eigenvalue weighted by atomic mass is 16.5. The summed E-state index contributed by atoms with van der Waals surface area (Å²) in [6.45, 7) is 0. The van der Waals surface area contributed by atoms with Gasteiger partial charge in [0.15, 0.2) is 0 Å². The van der Waals surface area contributed by atoms with Crippen LogP contribution in [0.5, 0.6) is 5.75 Å². The van der Waals surface area contributed by atoms with E-state index in [2.05, 4.69) is 12.1 Å². The monoisotopic (exact) mass is 247 g/mol. The average Bonchev–Trinajstić information content (AvgIpc) is 2.68. The third-order valence-electron chi connectivity index (χ3n) is 4.14. The molecule has 1 atom stereocenters. The summed E-state index contributed by atoms with van der Waals surface area (Å²) in [5.74, 6) is 1.64. The first kappa shape index (κ1) is 13.4. The van der Waals surface area contributed by atoms with Gasteiger partial charge in [0.05, 0.1) is 7.11 Å². The van der Waals surface area contributed by atoms with Crippen molar-refractivity contribution in [1.82, 2.24) is 0 Å². The lowest BCUT2D eigenvalue weighted by atomic mass is 9.88. The van der Waals surface area contributed by atoms with Crippen LogP contribution in [0.2, 0.25) is 0 Å². The molecule has 1 aromatic rings. The molecule has 2 nitrogen and oxygen atoms in total. The molecule has 0 saturated heterocycles. The second-order valence-electron chi connectivity index (χ2n) is 5.47. The number of ether oxygens (including phenoxy) is 1. The SMILES string of the molecule is COc1ccc(CC(N)C2CCCCCC2)cc1. The number of methoxy groups -OCH3 is 1. The topological polar surface area (TPSA) is 35.2 Å². The summed E-state index contributed by atoms with van der Waals surface area (Å²) in [5, 5.41) is 0. The minimum absolute atomic E-state index is 0.316. The molecular weight excluding hydrogens is 222 g/mol. The Kier molecular flexibility index (Phi) is 5.06. The normalized spacial score (nSPS) is 19.2. The van der Waals surface area contributed by atoms with E-state index in [1.54, 1.807) is 7.11 Å². The number of hydrogen-bond acceptors (Lipinski definition) is 2. The first-order chi connectivity index (χ1) is 8.79. The van der Waals surface area contributed by atoms with Gasteiger partial charge in [-0.25, -0.2) is 0 Å². The molecule has 0 heterocycles. The molecule has 1 fully saturated rings. The van der Waals surface area contributed by atoms with Gasteiger partial charge in [0, 0.05) is 6.04 Å². The zero-order chi connectivity index (χ0) is 12.8. The van der Waals surface area contributed by atoms with Crippen molar-refractivity contribution in [3.63, 3.8) is 0 Å². The Morgan fingerprint density at radius 1 is 1.11 bits per heavy atom. The Morgan fingerprint density at radius 2 is 1.72 bits per heavy atom. The highest BCUT2D eigenvalue weighted by molar-refractivity contribution is 5.27.